The third kappa shape index (κ3) is 5.72. The molecule has 174 valence electrons. The number of nitrogen functional groups attached to an aromatic ring is 1. The minimum atomic E-state index is 0.231. The number of hydrogen-bond acceptors (Lipinski definition) is 8. The van der Waals surface area contributed by atoms with E-state index in [-0.39, 0.29) is 5.78 Å². The van der Waals surface area contributed by atoms with Crippen molar-refractivity contribution >= 4 is 28.2 Å². The topological polar surface area (TPSA) is 135 Å². The lowest BCUT2D eigenvalue weighted by molar-refractivity contribution is 0.0969. The summed E-state index contributed by atoms with van der Waals surface area (Å²) < 4.78 is 15.4. The van der Waals surface area contributed by atoms with Gasteiger partial charge in [-0.15, -0.1) is 0 Å². The lowest BCUT2D eigenvalue weighted by Crippen LogP contribution is -2.09. The number of aliphatic hydroxyl groups excluding tert-OH is 1. The van der Waals surface area contributed by atoms with Crippen molar-refractivity contribution in [2.24, 2.45) is 5.16 Å². The predicted molar refractivity (Wildman–Crippen MR) is 125 cm³/mol. The quantitative estimate of drug-likeness (QED) is 0.189. The number of carbonyl (C=O) groups is 1. The van der Waals surface area contributed by atoms with Gasteiger partial charge in [0, 0.05) is 43.0 Å². The summed E-state index contributed by atoms with van der Waals surface area (Å²) in [6, 6.07) is 11.1. The summed E-state index contributed by atoms with van der Waals surface area (Å²) in [5.41, 5.74) is 9.78. The van der Waals surface area contributed by atoms with Crippen molar-refractivity contribution in [2.75, 3.05) is 12.8 Å². The Bertz CT molecular complexity index is 1200. The molecular formula is C25H28N2O6. The SMILES string of the molecule is CO.Nc1cccc2occc12.O/N=C1/CCCc2occc21.O=C1CCCc2occc21. The standard InChI is InChI=1S/C8H9NO2.C8H7NO.C8H8O2.CH4O/c10-9-7-2-1-3-8-6(7)4-5-11-8;2*9-7-2-1-3-8-6(7)4-5-10-8;1-2/h4-5,10H,1-3H2;1-5H,9H2;4-5H,1-3H2;2H,1H3/b9-7-;;;. The molecule has 0 saturated heterocycles. The van der Waals surface area contributed by atoms with Crippen LogP contribution in [0, 0.1) is 0 Å². The van der Waals surface area contributed by atoms with Crippen LogP contribution in [-0.4, -0.2) is 28.9 Å². The second kappa shape index (κ2) is 11.7. The van der Waals surface area contributed by atoms with Crippen molar-refractivity contribution < 1.29 is 28.4 Å². The molecule has 0 amide bonds. The maximum absolute atomic E-state index is 11.1. The summed E-state index contributed by atoms with van der Waals surface area (Å²) in [6.45, 7) is 0. The van der Waals surface area contributed by atoms with Gasteiger partial charge in [-0.1, -0.05) is 11.2 Å². The van der Waals surface area contributed by atoms with Gasteiger partial charge in [-0.05, 0) is 49.6 Å². The molecule has 0 atom stereocenters. The number of nitrogens with zero attached hydrogens (tertiary/aromatic N) is 1. The van der Waals surface area contributed by atoms with Crippen molar-refractivity contribution in [1.29, 1.82) is 0 Å². The van der Waals surface area contributed by atoms with Crippen molar-refractivity contribution in [1.82, 2.24) is 0 Å². The molecule has 6 rings (SSSR count). The first kappa shape index (κ1) is 23.9. The van der Waals surface area contributed by atoms with E-state index in [0.29, 0.717) is 6.42 Å². The molecule has 3 aromatic heterocycles. The number of fused-ring (bicyclic) bond motifs is 3. The average Bonchev–Trinajstić information content (AvgIpc) is 3.62. The number of furan rings is 3. The lowest BCUT2D eigenvalue weighted by Gasteiger charge is -2.09. The van der Waals surface area contributed by atoms with Crippen LogP contribution in [0.3, 0.4) is 0 Å². The fourth-order valence-corrected chi connectivity index (χ4v) is 3.79. The fraction of sp³-hybridized carbons (Fsp3) is 0.280. The Morgan fingerprint density at radius 1 is 0.818 bits per heavy atom. The molecule has 0 aliphatic heterocycles. The van der Waals surface area contributed by atoms with E-state index in [1.54, 1.807) is 24.9 Å². The molecule has 0 bridgehead atoms. The Labute approximate surface area is 191 Å². The predicted octanol–water partition coefficient (Wildman–Crippen LogP) is 5.22. The molecule has 0 radical (unpaired) electrons. The number of carbonyl (C=O) groups excluding carboxylic acids is 1. The normalized spacial score (nSPS) is 15.2. The van der Waals surface area contributed by atoms with Crippen molar-refractivity contribution in [3.05, 3.63) is 77.8 Å². The molecule has 3 heterocycles. The third-order valence-corrected chi connectivity index (χ3v) is 5.38. The van der Waals surface area contributed by atoms with Gasteiger partial charge in [-0.25, -0.2) is 0 Å². The van der Waals surface area contributed by atoms with Crippen LogP contribution >= 0.6 is 0 Å². The van der Waals surface area contributed by atoms with E-state index in [9.17, 15) is 4.79 Å². The molecule has 0 unspecified atom stereocenters. The molecule has 0 fully saturated rings. The highest BCUT2D eigenvalue weighted by Gasteiger charge is 2.19. The Balaban J connectivity index is 0.000000134. The van der Waals surface area contributed by atoms with Crippen LogP contribution in [0.4, 0.5) is 5.69 Å². The van der Waals surface area contributed by atoms with E-state index < -0.39 is 0 Å². The zero-order valence-corrected chi connectivity index (χ0v) is 18.5. The Kier molecular flexibility index (Phi) is 8.49. The minimum Gasteiger partial charge on any atom is -0.469 e. The number of rotatable bonds is 0. The number of nitrogens with two attached hydrogens (primary N) is 1. The van der Waals surface area contributed by atoms with Crippen LogP contribution in [0.1, 0.15) is 53.1 Å². The number of hydrogen-bond donors (Lipinski definition) is 3. The molecule has 0 spiro atoms. The highest BCUT2D eigenvalue weighted by atomic mass is 16.4. The van der Waals surface area contributed by atoms with Crippen molar-refractivity contribution in [3.8, 4) is 0 Å². The van der Waals surface area contributed by atoms with E-state index in [1.165, 1.54) is 0 Å². The van der Waals surface area contributed by atoms with Gasteiger partial charge >= 0.3 is 0 Å². The van der Waals surface area contributed by atoms with Gasteiger partial charge in [0.1, 0.15) is 17.1 Å². The fourth-order valence-electron chi connectivity index (χ4n) is 3.79. The van der Waals surface area contributed by atoms with Gasteiger partial charge in [0.25, 0.3) is 0 Å². The summed E-state index contributed by atoms with van der Waals surface area (Å²) in [5, 5.41) is 19.8. The van der Waals surface area contributed by atoms with Crippen LogP contribution in [-0.2, 0) is 12.8 Å². The largest absolute Gasteiger partial charge is 0.469 e. The average molecular weight is 453 g/mol. The van der Waals surface area contributed by atoms with E-state index in [4.69, 9.17) is 29.3 Å². The smallest absolute Gasteiger partial charge is 0.166 e. The second-order valence-corrected chi connectivity index (χ2v) is 7.37. The van der Waals surface area contributed by atoms with Gasteiger partial charge < -0.3 is 29.3 Å². The molecule has 4 N–H and O–H groups in total. The number of aliphatic hydroxyl groups is 1. The Morgan fingerprint density at radius 3 is 2.12 bits per heavy atom. The van der Waals surface area contributed by atoms with E-state index >= 15 is 0 Å². The lowest BCUT2D eigenvalue weighted by atomic mass is 9.97. The van der Waals surface area contributed by atoms with Crippen molar-refractivity contribution in [3.63, 3.8) is 0 Å². The van der Waals surface area contributed by atoms with Gasteiger partial charge in [0.05, 0.1) is 30.1 Å². The monoisotopic (exact) mass is 452 g/mol. The second-order valence-electron chi connectivity index (χ2n) is 7.37. The highest BCUT2D eigenvalue weighted by molar-refractivity contribution is 6.01. The zero-order valence-electron chi connectivity index (χ0n) is 18.5. The van der Waals surface area contributed by atoms with E-state index in [1.807, 2.05) is 30.3 Å². The molecule has 2 aliphatic rings. The molecule has 8 heteroatoms. The summed E-state index contributed by atoms with van der Waals surface area (Å²) in [5.74, 6) is 2.05. The number of oxime groups is 1. The number of aryl methyl sites for hydroxylation is 2. The maximum atomic E-state index is 11.1. The first-order valence-electron chi connectivity index (χ1n) is 10.7. The van der Waals surface area contributed by atoms with Crippen LogP contribution in [0.15, 0.2) is 73.6 Å². The molecular weight excluding hydrogens is 424 g/mol. The zero-order chi connectivity index (χ0) is 23.6. The molecule has 33 heavy (non-hydrogen) atoms. The molecule has 2 aliphatic carbocycles. The first-order chi connectivity index (χ1) is 16.2. The first-order valence-corrected chi connectivity index (χ1v) is 10.7. The maximum Gasteiger partial charge on any atom is 0.166 e. The van der Waals surface area contributed by atoms with Crippen molar-refractivity contribution in [2.45, 2.75) is 38.5 Å². The molecule has 8 nitrogen and oxygen atoms in total. The number of anilines is 1. The summed E-state index contributed by atoms with van der Waals surface area (Å²) in [6.07, 6.45) is 10.3. The number of Topliss-reactive ketones (excluding diaryl/α,β-unsaturated/α-hetero) is 1. The van der Waals surface area contributed by atoms with Crippen LogP contribution < -0.4 is 5.73 Å². The Hall–Kier alpha value is -3.78. The van der Waals surface area contributed by atoms with Crippen LogP contribution in [0.5, 0.6) is 0 Å². The highest BCUT2D eigenvalue weighted by Crippen LogP contribution is 2.23. The van der Waals surface area contributed by atoms with Gasteiger partial charge in [-0.3, -0.25) is 4.79 Å². The number of benzene rings is 1. The van der Waals surface area contributed by atoms with Gasteiger partial charge in [-0.2, -0.15) is 0 Å². The molecule has 1 aromatic carbocycles. The molecule has 4 aromatic rings. The molecule has 0 saturated carbocycles. The van der Waals surface area contributed by atoms with Gasteiger partial charge in [0.2, 0.25) is 0 Å². The van der Waals surface area contributed by atoms with Crippen LogP contribution in [0.2, 0.25) is 0 Å². The minimum absolute atomic E-state index is 0.231. The summed E-state index contributed by atoms with van der Waals surface area (Å²) in [7, 11) is 1.00. The van der Waals surface area contributed by atoms with Gasteiger partial charge in [0.15, 0.2) is 5.78 Å². The number of ketones is 1. The van der Waals surface area contributed by atoms with E-state index in [0.717, 1.165) is 84.2 Å². The Morgan fingerprint density at radius 2 is 1.45 bits per heavy atom. The third-order valence-electron chi connectivity index (χ3n) is 5.38. The summed E-state index contributed by atoms with van der Waals surface area (Å²) >= 11 is 0. The summed E-state index contributed by atoms with van der Waals surface area (Å²) in [4.78, 5) is 11.1. The van der Waals surface area contributed by atoms with E-state index in [2.05, 4.69) is 5.16 Å². The van der Waals surface area contributed by atoms with Crippen LogP contribution in [0.25, 0.3) is 11.0 Å².